The molecular formula is C19H18F6FeNP-2. The normalized spacial score (nSPS) is 13.2. The molecule has 4 aromatic rings. The van der Waals surface area contributed by atoms with Crippen LogP contribution in [0.4, 0.5) is 25.2 Å². The quantitative estimate of drug-likeness (QED) is 0.116. The van der Waals surface area contributed by atoms with E-state index in [4.69, 9.17) is 0 Å². The maximum atomic E-state index is 9.87. The second kappa shape index (κ2) is 8.24. The van der Waals surface area contributed by atoms with Crippen LogP contribution in [0.15, 0.2) is 78.9 Å². The maximum Gasteiger partial charge on any atom is 0 e. The van der Waals surface area contributed by atoms with E-state index in [0.717, 1.165) is 6.54 Å². The SMILES string of the molecule is CCn1c2ccccc2c2ccccc21.F[P-](F)(F)(F)(F)F.[Fe].c1cc[cH-]c1. The summed E-state index contributed by atoms with van der Waals surface area (Å²) in [4.78, 5) is 0. The van der Waals surface area contributed by atoms with Gasteiger partial charge in [0, 0.05) is 45.4 Å². The van der Waals surface area contributed by atoms with E-state index in [1.807, 2.05) is 30.3 Å². The van der Waals surface area contributed by atoms with E-state index in [9.17, 15) is 25.2 Å². The van der Waals surface area contributed by atoms with E-state index in [2.05, 4.69) is 60.0 Å². The smallest absolute Gasteiger partial charge is 0 e. The molecule has 0 N–H and O–H groups in total. The fourth-order valence-electron chi connectivity index (χ4n) is 2.66. The molecule has 0 unspecified atom stereocenters. The molecule has 0 amide bonds. The molecule has 0 aliphatic heterocycles. The second-order valence-corrected chi connectivity index (χ2v) is 7.62. The molecule has 28 heavy (non-hydrogen) atoms. The summed E-state index contributed by atoms with van der Waals surface area (Å²) < 4.78 is 61.6. The van der Waals surface area contributed by atoms with Crippen LogP contribution in [0.3, 0.4) is 0 Å². The van der Waals surface area contributed by atoms with E-state index in [1.54, 1.807) is 0 Å². The summed E-state index contributed by atoms with van der Waals surface area (Å²) >= 11 is 0. The van der Waals surface area contributed by atoms with Gasteiger partial charge in [-0.1, -0.05) is 36.4 Å². The van der Waals surface area contributed by atoms with Crippen LogP contribution in [0.25, 0.3) is 21.8 Å². The van der Waals surface area contributed by atoms with Gasteiger partial charge in [0.25, 0.3) is 0 Å². The van der Waals surface area contributed by atoms with E-state index in [-0.39, 0.29) is 17.1 Å². The Morgan fingerprint density at radius 3 is 1.36 bits per heavy atom. The molecule has 156 valence electrons. The number of nitrogens with zero attached hydrogens (tertiary/aromatic N) is 1. The first-order chi connectivity index (χ1) is 12.4. The molecule has 3 aromatic carbocycles. The van der Waals surface area contributed by atoms with E-state index in [0.29, 0.717) is 0 Å². The monoisotopic (exact) mass is 461 g/mol. The Balaban J connectivity index is 0.000000254. The number of fused-ring (bicyclic) bond motifs is 3. The molecule has 0 radical (unpaired) electrons. The standard InChI is InChI=1S/C14H13N.C5H5.F6P.Fe/c1-2-15-13-9-5-3-7-11(13)12-8-4-6-10-14(12)15;1-2-4-5-3-1;1-7(2,3,4,5)6;/h3-10H,2H2,1H3;1-5H;;/q;2*-1;. The zero-order chi connectivity index (χ0) is 20.2. The first-order valence-corrected chi connectivity index (χ1v) is 10.1. The van der Waals surface area contributed by atoms with Gasteiger partial charge in [0.15, 0.2) is 0 Å². The van der Waals surface area contributed by atoms with Crippen LogP contribution >= 0.6 is 7.81 Å². The first-order valence-electron chi connectivity index (χ1n) is 8.06. The Kier molecular flexibility index (Phi) is 7.11. The van der Waals surface area contributed by atoms with E-state index >= 15 is 0 Å². The van der Waals surface area contributed by atoms with Crippen LogP contribution in [0.5, 0.6) is 0 Å². The molecule has 0 saturated carbocycles. The number of rotatable bonds is 1. The summed E-state index contributed by atoms with van der Waals surface area (Å²) in [5.74, 6) is 0. The summed E-state index contributed by atoms with van der Waals surface area (Å²) in [6, 6.07) is 27.2. The van der Waals surface area contributed by atoms with Crippen LogP contribution in [0, 0.1) is 0 Å². The van der Waals surface area contributed by atoms with Gasteiger partial charge in [-0.2, -0.15) is 18.2 Å². The van der Waals surface area contributed by atoms with Crippen molar-refractivity contribution in [3.8, 4) is 0 Å². The van der Waals surface area contributed by atoms with Crippen molar-refractivity contribution >= 4 is 29.6 Å². The molecule has 0 aliphatic carbocycles. The van der Waals surface area contributed by atoms with Crippen LogP contribution in [-0.4, -0.2) is 4.57 Å². The molecule has 0 fully saturated rings. The van der Waals surface area contributed by atoms with Gasteiger partial charge in [0.2, 0.25) is 0 Å². The van der Waals surface area contributed by atoms with Gasteiger partial charge in [-0.25, -0.2) is 12.1 Å². The van der Waals surface area contributed by atoms with Gasteiger partial charge in [0.1, 0.15) is 0 Å². The molecule has 0 atom stereocenters. The Bertz CT molecular complexity index is 926. The fraction of sp³-hybridized carbons (Fsp3) is 0.105. The summed E-state index contributed by atoms with van der Waals surface area (Å²) in [7, 11) is -10.7. The van der Waals surface area contributed by atoms with Crippen LogP contribution in [0.2, 0.25) is 0 Å². The second-order valence-electron chi connectivity index (χ2n) is 5.70. The molecule has 1 nitrogen and oxygen atoms in total. The van der Waals surface area contributed by atoms with E-state index in [1.165, 1.54) is 21.8 Å². The van der Waals surface area contributed by atoms with Gasteiger partial charge < -0.3 is 4.57 Å². The van der Waals surface area contributed by atoms with Crippen molar-refractivity contribution in [2.75, 3.05) is 0 Å². The van der Waals surface area contributed by atoms with Gasteiger partial charge in [-0.3, -0.25) is 0 Å². The number of para-hydroxylation sites is 2. The van der Waals surface area contributed by atoms with Crippen molar-refractivity contribution in [1.82, 2.24) is 4.57 Å². The molecule has 0 saturated heterocycles. The van der Waals surface area contributed by atoms with Crippen molar-refractivity contribution in [2.24, 2.45) is 0 Å². The minimum atomic E-state index is -10.7. The third-order valence-corrected chi connectivity index (χ3v) is 3.55. The van der Waals surface area contributed by atoms with E-state index < -0.39 is 7.81 Å². The third kappa shape index (κ3) is 8.42. The number of aryl methyl sites for hydroxylation is 1. The Hall–Kier alpha value is -1.88. The number of halogens is 6. The maximum absolute atomic E-state index is 10.7. The molecule has 1 heterocycles. The third-order valence-electron chi connectivity index (χ3n) is 3.55. The Morgan fingerprint density at radius 1 is 0.714 bits per heavy atom. The van der Waals surface area contributed by atoms with Crippen molar-refractivity contribution < 1.29 is 42.3 Å². The molecule has 9 heteroatoms. The van der Waals surface area contributed by atoms with Crippen LogP contribution in [0.1, 0.15) is 6.92 Å². The van der Waals surface area contributed by atoms with Gasteiger partial charge >= 0.3 is 33.0 Å². The molecule has 1 aromatic heterocycles. The summed E-state index contributed by atoms with van der Waals surface area (Å²) in [6.45, 7) is 3.22. The predicted molar refractivity (Wildman–Crippen MR) is 101 cm³/mol. The van der Waals surface area contributed by atoms with Crippen molar-refractivity contribution in [3.05, 3.63) is 78.9 Å². The molecule has 4 rings (SSSR count). The average molecular weight is 461 g/mol. The molecule has 0 spiro atoms. The molecule has 0 aliphatic rings. The Morgan fingerprint density at radius 2 is 1.07 bits per heavy atom. The summed E-state index contributed by atoms with van der Waals surface area (Å²) in [5.41, 5.74) is 2.67. The summed E-state index contributed by atoms with van der Waals surface area (Å²) in [5, 5.41) is 2.71. The van der Waals surface area contributed by atoms with Crippen LogP contribution in [-0.2, 0) is 23.6 Å². The van der Waals surface area contributed by atoms with Crippen LogP contribution < -0.4 is 0 Å². The van der Waals surface area contributed by atoms with Gasteiger partial charge in [0.05, 0.1) is 0 Å². The minimum absolute atomic E-state index is 0. The molecule has 0 bridgehead atoms. The van der Waals surface area contributed by atoms with Gasteiger partial charge in [-0.05, 0) is 19.1 Å². The first kappa shape index (κ1) is 24.2. The summed E-state index contributed by atoms with van der Waals surface area (Å²) in [6.07, 6.45) is 0. The Labute approximate surface area is 169 Å². The zero-order valence-corrected chi connectivity index (χ0v) is 16.7. The van der Waals surface area contributed by atoms with Gasteiger partial charge in [-0.15, -0.1) is 0 Å². The number of hydrogen-bond donors (Lipinski definition) is 0. The topological polar surface area (TPSA) is 4.93 Å². The zero-order valence-electron chi connectivity index (χ0n) is 14.7. The van der Waals surface area contributed by atoms with Crippen molar-refractivity contribution in [2.45, 2.75) is 13.5 Å². The predicted octanol–water partition coefficient (Wildman–Crippen LogP) is 8.60. The number of hydrogen-bond acceptors (Lipinski definition) is 0. The van der Waals surface area contributed by atoms with Crippen molar-refractivity contribution in [1.29, 1.82) is 0 Å². The number of aromatic nitrogens is 1. The van der Waals surface area contributed by atoms with Crippen molar-refractivity contribution in [3.63, 3.8) is 0 Å². The fourth-order valence-corrected chi connectivity index (χ4v) is 2.66. The average Bonchev–Trinajstić information content (AvgIpc) is 3.22. The minimum Gasteiger partial charge on any atom is -0.214 e. The number of benzene rings is 2. The molecular weight excluding hydrogens is 443 g/mol. The largest absolute Gasteiger partial charge is 0.214 e.